The molecule has 1 N–H and O–H groups in total. The van der Waals surface area contributed by atoms with Crippen LogP contribution in [-0.4, -0.2) is 24.3 Å². The smallest absolute Gasteiger partial charge is 0.308 e. The van der Waals surface area contributed by atoms with E-state index in [2.05, 4.69) is 4.74 Å². The Morgan fingerprint density at radius 2 is 2.09 bits per heavy atom. The zero-order valence-corrected chi connectivity index (χ0v) is 6.67. The van der Waals surface area contributed by atoms with Crippen LogP contribution in [0.2, 0.25) is 0 Å². The van der Waals surface area contributed by atoms with E-state index in [-0.39, 0.29) is 11.9 Å². The maximum atomic E-state index is 11.0. The van der Waals surface area contributed by atoms with Crippen LogP contribution in [0.15, 0.2) is 0 Å². The summed E-state index contributed by atoms with van der Waals surface area (Å²) in [5, 5.41) is 9.26. The van der Waals surface area contributed by atoms with Crippen molar-refractivity contribution in [1.82, 2.24) is 0 Å². The molecule has 64 valence electrons. The van der Waals surface area contributed by atoms with Gasteiger partial charge in [0.15, 0.2) is 0 Å². The van der Waals surface area contributed by atoms with Crippen molar-refractivity contribution in [2.75, 3.05) is 7.11 Å². The molecule has 11 heavy (non-hydrogen) atoms. The first-order valence-electron chi connectivity index (χ1n) is 4.35. The molecule has 0 radical (unpaired) electrons. The number of aliphatic hydroxyl groups is 1. The molecule has 0 aliphatic heterocycles. The minimum Gasteiger partial charge on any atom is -0.469 e. The third-order valence-electron chi connectivity index (χ3n) is 2.10. The van der Waals surface area contributed by atoms with Crippen molar-refractivity contribution in [2.24, 2.45) is 5.92 Å². The quantitative estimate of drug-likeness (QED) is 0.573. The van der Waals surface area contributed by atoms with Crippen LogP contribution in [0.1, 0.15) is 27.1 Å². The lowest BCUT2D eigenvalue weighted by atomic mass is 9.88. The number of methoxy groups -OCH3 is 1. The van der Waals surface area contributed by atoms with E-state index in [0.717, 1.165) is 0 Å². The first-order chi connectivity index (χ1) is 5.55. The van der Waals surface area contributed by atoms with Crippen LogP contribution in [-0.2, 0) is 9.53 Å². The molecule has 0 aromatic carbocycles. The first kappa shape index (κ1) is 7.10. The van der Waals surface area contributed by atoms with Gasteiger partial charge in [-0.1, -0.05) is 0 Å². The van der Waals surface area contributed by atoms with Gasteiger partial charge in [-0.3, -0.25) is 4.79 Å². The van der Waals surface area contributed by atoms with Crippen LogP contribution in [0.4, 0.5) is 0 Å². The maximum Gasteiger partial charge on any atom is 0.308 e. The lowest BCUT2D eigenvalue weighted by Gasteiger charge is -2.22. The zero-order chi connectivity index (χ0) is 9.19. The number of hydrogen-bond donors (Lipinski definition) is 1. The summed E-state index contributed by atoms with van der Waals surface area (Å²) in [7, 11) is 1.36. The predicted molar refractivity (Wildman–Crippen MR) is 40.0 cm³/mol. The third kappa shape index (κ3) is 2.19. The van der Waals surface area contributed by atoms with Crippen molar-refractivity contribution < 1.29 is 16.0 Å². The number of ether oxygens (including phenoxy) is 1. The molecule has 0 saturated heterocycles. The largest absolute Gasteiger partial charge is 0.469 e. The second-order valence-corrected chi connectivity index (χ2v) is 2.86. The van der Waals surface area contributed by atoms with Crippen molar-refractivity contribution in [1.29, 1.82) is 0 Å². The second kappa shape index (κ2) is 3.72. The normalized spacial score (nSPS) is 39.5. The molecule has 0 unspecified atom stereocenters. The Labute approximate surface area is 67.8 Å². The molecule has 1 aliphatic carbocycles. The molecule has 1 rings (SSSR count). The minimum absolute atomic E-state index is 0.111. The summed E-state index contributed by atoms with van der Waals surface area (Å²) in [6.07, 6.45) is 0.545. The highest BCUT2D eigenvalue weighted by Gasteiger charge is 2.25. The molecule has 1 saturated carbocycles. The molecule has 0 heterocycles. The van der Waals surface area contributed by atoms with Crippen molar-refractivity contribution in [3.05, 3.63) is 0 Å². The molecule has 0 atom stereocenters. The van der Waals surface area contributed by atoms with Crippen LogP contribution in [0.5, 0.6) is 0 Å². The van der Waals surface area contributed by atoms with Gasteiger partial charge in [-0.25, -0.2) is 0 Å². The SMILES string of the molecule is [2H]C1(O)CCC(C(=O)OC)CC1. The number of carbonyl (C=O) groups is 1. The molecule has 1 aliphatic rings. The van der Waals surface area contributed by atoms with E-state index in [1.807, 2.05) is 0 Å². The van der Waals surface area contributed by atoms with Gasteiger partial charge in [0, 0.05) is 0 Å². The van der Waals surface area contributed by atoms with Gasteiger partial charge in [0.25, 0.3) is 0 Å². The predicted octanol–water partition coefficient (Wildman–Crippen LogP) is 0.710. The molecular weight excluding hydrogens is 144 g/mol. The van der Waals surface area contributed by atoms with E-state index in [4.69, 9.17) is 1.37 Å². The topological polar surface area (TPSA) is 46.5 Å². The fourth-order valence-corrected chi connectivity index (χ4v) is 1.35. The summed E-state index contributed by atoms with van der Waals surface area (Å²) in [6.45, 7) is 0. The van der Waals surface area contributed by atoms with Crippen LogP contribution >= 0.6 is 0 Å². The van der Waals surface area contributed by atoms with E-state index in [1.54, 1.807) is 0 Å². The summed E-state index contributed by atoms with van der Waals surface area (Å²) >= 11 is 0. The molecule has 0 spiro atoms. The molecule has 0 bridgehead atoms. The van der Waals surface area contributed by atoms with E-state index in [9.17, 15) is 9.90 Å². The van der Waals surface area contributed by atoms with Gasteiger partial charge in [-0.2, -0.15) is 0 Å². The van der Waals surface area contributed by atoms with Crippen molar-refractivity contribution in [3.8, 4) is 0 Å². The van der Waals surface area contributed by atoms with Gasteiger partial charge in [0.05, 0.1) is 20.5 Å². The maximum absolute atomic E-state index is 11.0. The summed E-state index contributed by atoms with van der Waals surface area (Å²) in [5.74, 6) is -0.328. The molecule has 0 aromatic rings. The van der Waals surface area contributed by atoms with E-state index in [1.165, 1.54) is 7.11 Å². The highest BCUT2D eigenvalue weighted by atomic mass is 16.5. The van der Waals surface area contributed by atoms with Crippen molar-refractivity contribution >= 4 is 5.97 Å². The van der Waals surface area contributed by atoms with E-state index >= 15 is 0 Å². The summed E-state index contributed by atoms with van der Waals surface area (Å²) in [4.78, 5) is 11.0. The van der Waals surface area contributed by atoms with Crippen LogP contribution in [0.25, 0.3) is 0 Å². The Bertz CT molecular complexity index is 169. The van der Waals surface area contributed by atoms with E-state index < -0.39 is 6.08 Å². The van der Waals surface area contributed by atoms with Gasteiger partial charge in [0.1, 0.15) is 0 Å². The monoisotopic (exact) mass is 159 g/mol. The van der Waals surface area contributed by atoms with Gasteiger partial charge >= 0.3 is 5.97 Å². The fourth-order valence-electron chi connectivity index (χ4n) is 1.35. The van der Waals surface area contributed by atoms with Crippen LogP contribution < -0.4 is 0 Å². The Morgan fingerprint density at radius 1 is 1.55 bits per heavy atom. The Hall–Kier alpha value is -0.570. The fraction of sp³-hybridized carbons (Fsp3) is 0.875. The van der Waals surface area contributed by atoms with Crippen molar-refractivity contribution in [3.63, 3.8) is 0 Å². The molecule has 0 aromatic heterocycles. The van der Waals surface area contributed by atoms with Crippen LogP contribution in [0, 0.1) is 5.92 Å². The van der Waals surface area contributed by atoms with Crippen LogP contribution in [0.3, 0.4) is 0 Å². The van der Waals surface area contributed by atoms with Gasteiger partial charge in [-0.05, 0) is 25.7 Å². The number of hydrogen-bond acceptors (Lipinski definition) is 3. The average Bonchev–Trinajstić information content (AvgIpc) is 2.03. The second-order valence-electron chi connectivity index (χ2n) is 2.86. The van der Waals surface area contributed by atoms with E-state index in [0.29, 0.717) is 25.7 Å². The zero-order valence-electron chi connectivity index (χ0n) is 7.67. The molecular formula is C8H14O3. The lowest BCUT2D eigenvalue weighted by Crippen LogP contribution is -2.24. The highest BCUT2D eigenvalue weighted by Crippen LogP contribution is 2.24. The lowest BCUT2D eigenvalue weighted by molar-refractivity contribution is -0.147. The van der Waals surface area contributed by atoms with Crippen molar-refractivity contribution in [2.45, 2.75) is 31.8 Å². The summed E-state index contributed by atoms with van der Waals surface area (Å²) in [6, 6.07) is 0. The number of esters is 1. The molecule has 3 heteroatoms. The summed E-state index contributed by atoms with van der Waals surface area (Å²) < 4.78 is 11.9. The van der Waals surface area contributed by atoms with Gasteiger partial charge in [-0.15, -0.1) is 0 Å². The molecule has 3 nitrogen and oxygen atoms in total. The molecule has 1 fully saturated rings. The first-order valence-corrected chi connectivity index (χ1v) is 3.85. The number of carbonyl (C=O) groups excluding carboxylic acids is 1. The average molecular weight is 159 g/mol. The minimum atomic E-state index is -1.31. The molecule has 0 amide bonds. The highest BCUT2D eigenvalue weighted by molar-refractivity contribution is 5.72. The Balaban J connectivity index is 2.41. The number of rotatable bonds is 1. The van der Waals surface area contributed by atoms with Gasteiger partial charge < -0.3 is 9.84 Å². The Morgan fingerprint density at radius 3 is 2.55 bits per heavy atom. The van der Waals surface area contributed by atoms with Gasteiger partial charge in [0.2, 0.25) is 0 Å². The summed E-state index contributed by atoms with van der Waals surface area (Å²) in [5.41, 5.74) is 0. The standard InChI is InChI=1S/C8H14O3/c1-11-8(10)6-2-4-7(9)5-3-6/h6-7,9H,2-5H2,1H3/i7D. The third-order valence-corrected chi connectivity index (χ3v) is 2.10. The Kier molecular flexibility index (Phi) is 2.40.